The van der Waals surface area contributed by atoms with Gasteiger partial charge in [-0.3, -0.25) is 9.35 Å². The largest absolute Gasteiger partial charge is 0.481 e. The molecule has 0 saturated heterocycles. The van der Waals surface area contributed by atoms with E-state index < -0.39 is 46.3 Å². The second-order valence-corrected chi connectivity index (χ2v) is 8.03. The Morgan fingerprint density at radius 2 is 1.78 bits per heavy atom. The maximum absolute atomic E-state index is 11.2. The van der Waals surface area contributed by atoms with Gasteiger partial charge < -0.3 is 10.2 Å². The molecule has 3 N–H and O–H groups in total. The van der Waals surface area contributed by atoms with Crippen molar-refractivity contribution in [1.82, 2.24) is 0 Å². The number of unbranched alkanes of at least 4 members (excludes halogenated alkanes) is 2. The van der Waals surface area contributed by atoms with Crippen LogP contribution in [0.3, 0.4) is 0 Å². The summed E-state index contributed by atoms with van der Waals surface area (Å²) in [7, 11) is -4.64. The Kier molecular flexibility index (Phi) is 9.27. The highest BCUT2D eigenvalue weighted by atomic mass is 32.3. The van der Waals surface area contributed by atoms with Crippen LogP contribution in [0, 0.1) is 17.3 Å². The normalized spacial score (nSPS) is 16.8. The predicted octanol–water partition coefficient (Wildman–Crippen LogP) is 2.50. The van der Waals surface area contributed by atoms with Crippen molar-refractivity contribution >= 4 is 16.4 Å². The molecule has 7 nitrogen and oxygen atoms in total. The van der Waals surface area contributed by atoms with E-state index in [-0.39, 0.29) is 6.42 Å². The van der Waals surface area contributed by atoms with Gasteiger partial charge in [0.25, 0.3) is 0 Å². The van der Waals surface area contributed by atoms with Crippen LogP contribution >= 0.6 is 0 Å². The van der Waals surface area contributed by atoms with E-state index in [1.54, 1.807) is 0 Å². The van der Waals surface area contributed by atoms with Crippen molar-refractivity contribution in [3.05, 3.63) is 0 Å². The van der Waals surface area contributed by atoms with Gasteiger partial charge in [0.2, 0.25) is 0 Å². The van der Waals surface area contributed by atoms with E-state index in [4.69, 9.17) is 13.8 Å². The van der Waals surface area contributed by atoms with Crippen molar-refractivity contribution < 1.29 is 32.2 Å². The van der Waals surface area contributed by atoms with Gasteiger partial charge in [-0.1, -0.05) is 47.0 Å². The number of aliphatic hydroxyl groups excluding tert-OH is 1. The summed E-state index contributed by atoms with van der Waals surface area (Å²) in [4.78, 5) is 11.2. The van der Waals surface area contributed by atoms with Crippen LogP contribution in [-0.2, 0) is 19.4 Å². The zero-order valence-corrected chi connectivity index (χ0v) is 15.2. The lowest BCUT2D eigenvalue weighted by Gasteiger charge is -2.37. The topological polar surface area (TPSA) is 121 Å². The Bertz CT molecular complexity index is 453. The van der Waals surface area contributed by atoms with Crippen molar-refractivity contribution in [2.75, 3.05) is 6.61 Å². The molecule has 0 spiro atoms. The highest BCUT2D eigenvalue weighted by Gasteiger charge is 2.38. The summed E-state index contributed by atoms with van der Waals surface area (Å²) in [5.74, 6) is -2.59. The standard InChI is InChI=1S/C15H30O7S/c1-5-6-7-8-13(22-23(19,20)21)12(15(2,3)4)9-11(10-16)14(17)18/h11-13,16H,5-10H2,1-4H3,(H,17,18)(H,19,20,21). The number of carboxylic acid groups (broad SMARTS) is 1. The summed E-state index contributed by atoms with van der Waals surface area (Å²) in [6.45, 7) is 7.04. The molecule has 8 heteroatoms. The van der Waals surface area contributed by atoms with Crippen LogP contribution in [0.4, 0.5) is 0 Å². The molecule has 0 aliphatic heterocycles. The van der Waals surface area contributed by atoms with Gasteiger partial charge in [-0.2, -0.15) is 8.42 Å². The van der Waals surface area contributed by atoms with E-state index in [1.807, 2.05) is 27.7 Å². The van der Waals surface area contributed by atoms with Gasteiger partial charge in [0.05, 0.1) is 18.6 Å². The number of carboxylic acids is 1. The molecule has 0 fully saturated rings. The molecule has 0 aromatic rings. The summed E-state index contributed by atoms with van der Waals surface area (Å²) in [5.41, 5.74) is -0.454. The van der Waals surface area contributed by atoms with E-state index in [2.05, 4.69) is 0 Å². The number of rotatable bonds is 11. The third-order valence-corrected chi connectivity index (χ3v) is 4.50. The number of hydrogen-bond acceptors (Lipinski definition) is 5. The first-order valence-corrected chi connectivity index (χ1v) is 9.28. The average Bonchev–Trinajstić information content (AvgIpc) is 2.35. The van der Waals surface area contributed by atoms with Crippen LogP contribution < -0.4 is 0 Å². The molecule has 3 unspecified atom stereocenters. The molecule has 0 rings (SSSR count). The number of carbonyl (C=O) groups is 1. The van der Waals surface area contributed by atoms with Gasteiger partial charge >= 0.3 is 16.4 Å². The van der Waals surface area contributed by atoms with Crippen molar-refractivity contribution in [3.8, 4) is 0 Å². The molecule has 0 aromatic carbocycles. The third-order valence-electron chi connectivity index (χ3n) is 4.01. The molecule has 0 heterocycles. The Balaban J connectivity index is 5.40. The van der Waals surface area contributed by atoms with Crippen LogP contribution in [0.1, 0.15) is 59.8 Å². The molecular weight excluding hydrogens is 324 g/mol. The van der Waals surface area contributed by atoms with Crippen LogP contribution in [0.15, 0.2) is 0 Å². The highest BCUT2D eigenvalue weighted by molar-refractivity contribution is 7.80. The summed E-state index contributed by atoms with van der Waals surface area (Å²) in [5, 5.41) is 18.4. The van der Waals surface area contributed by atoms with Crippen LogP contribution in [0.2, 0.25) is 0 Å². The monoisotopic (exact) mass is 354 g/mol. The van der Waals surface area contributed by atoms with Gasteiger partial charge in [0.1, 0.15) is 0 Å². The zero-order chi connectivity index (χ0) is 18.3. The molecule has 0 saturated carbocycles. The van der Waals surface area contributed by atoms with Gasteiger partial charge in [-0.05, 0) is 24.2 Å². The van der Waals surface area contributed by atoms with Gasteiger partial charge in [0.15, 0.2) is 0 Å². The first kappa shape index (κ1) is 22.3. The minimum atomic E-state index is -4.64. The fourth-order valence-electron chi connectivity index (χ4n) is 2.69. The molecule has 23 heavy (non-hydrogen) atoms. The minimum absolute atomic E-state index is 0.0711. The van der Waals surface area contributed by atoms with Gasteiger partial charge in [-0.15, -0.1) is 0 Å². The molecular formula is C15H30O7S. The lowest BCUT2D eigenvalue weighted by atomic mass is 9.72. The van der Waals surface area contributed by atoms with Crippen LogP contribution in [0.5, 0.6) is 0 Å². The quantitative estimate of drug-likeness (QED) is 0.385. The van der Waals surface area contributed by atoms with Crippen LogP contribution in [0.25, 0.3) is 0 Å². The maximum Gasteiger partial charge on any atom is 0.397 e. The summed E-state index contributed by atoms with van der Waals surface area (Å²) >= 11 is 0. The fourth-order valence-corrected chi connectivity index (χ4v) is 3.23. The molecule has 0 bridgehead atoms. The molecule has 0 amide bonds. The van der Waals surface area contributed by atoms with Crippen molar-refractivity contribution in [1.29, 1.82) is 0 Å². The molecule has 0 aliphatic rings. The summed E-state index contributed by atoms with van der Waals surface area (Å²) in [6.07, 6.45) is 2.16. The molecule has 3 atom stereocenters. The van der Waals surface area contributed by atoms with Crippen LogP contribution in [-0.4, -0.2) is 41.9 Å². The van der Waals surface area contributed by atoms with Crippen molar-refractivity contribution in [2.24, 2.45) is 17.3 Å². The van der Waals surface area contributed by atoms with Gasteiger partial charge in [-0.25, -0.2) is 4.18 Å². The lowest BCUT2D eigenvalue weighted by molar-refractivity contribution is -0.144. The highest BCUT2D eigenvalue weighted by Crippen LogP contribution is 2.37. The van der Waals surface area contributed by atoms with E-state index in [0.29, 0.717) is 12.8 Å². The molecule has 0 radical (unpaired) electrons. The van der Waals surface area contributed by atoms with E-state index in [1.165, 1.54) is 0 Å². The SMILES string of the molecule is CCCCCC(OS(=O)(=O)O)C(CC(CO)C(=O)O)C(C)(C)C. The average molecular weight is 354 g/mol. The third kappa shape index (κ3) is 9.24. The smallest absolute Gasteiger partial charge is 0.397 e. The Morgan fingerprint density at radius 1 is 1.22 bits per heavy atom. The fraction of sp³-hybridized carbons (Fsp3) is 0.933. The maximum atomic E-state index is 11.2. The van der Waals surface area contributed by atoms with Gasteiger partial charge in [0, 0.05) is 0 Å². The van der Waals surface area contributed by atoms with E-state index >= 15 is 0 Å². The summed E-state index contributed by atoms with van der Waals surface area (Å²) in [6, 6.07) is 0. The Labute approximate surface area is 139 Å². The lowest BCUT2D eigenvalue weighted by Crippen LogP contribution is -2.38. The minimum Gasteiger partial charge on any atom is -0.481 e. The predicted molar refractivity (Wildman–Crippen MR) is 86.3 cm³/mol. The second-order valence-electron chi connectivity index (χ2n) is 6.98. The molecule has 138 valence electrons. The number of aliphatic carboxylic acids is 1. The first-order chi connectivity index (χ1) is 10.4. The van der Waals surface area contributed by atoms with Crippen molar-refractivity contribution in [3.63, 3.8) is 0 Å². The second kappa shape index (κ2) is 9.56. The number of aliphatic hydroxyl groups is 1. The van der Waals surface area contributed by atoms with E-state index in [0.717, 1.165) is 12.8 Å². The van der Waals surface area contributed by atoms with E-state index in [9.17, 15) is 18.3 Å². The molecule has 0 aliphatic carbocycles. The Hall–Kier alpha value is -0.700. The van der Waals surface area contributed by atoms with Crippen molar-refractivity contribution in [2.45, 2.75) is 65.9 Å². The first-order valence-electron chi connectivity index (χ1n) is 7.91. The summed E-state index contributed by atoms with van der Waals surface area (Å²) < 4.78 is 36.2. The zero-order valence-electron chi connectivity index (χ0n) is 14.4. The Morgan fingerprint density at radius 3 is 2.13 bits per heavy atom. The molecule has 0 aromatic heterocycles. The number of hydrogen-bond donors (Lipinski definition) is 3.